The number of fused-ring (bicyclic) bond motifs is 1. The van der Waals surface area contributed by atoms with E-state index in [9.17, 15) is 18.0 Å². The highest BCUT2D eigenvalue weighted by Gasteiger charge is 2.33. The maximum Gasteiger partial charge on any atom is 0.433 e. The SMILES string of the molecule is O=C(NC1=C[C@@H](Nc2cc(C(F)(F)F)nc3ccccc23)CCC1)c1ccncc1. The lowest BCUT2D eigenvalue weighted by molar-refractivity contribution is -0.140. The van der Waals surface area contributed by atoms with E-state index in [1.54, 1.807) is 48.8 Å². The number of allylic oxidation sites excluding steroid dienone is 1. The van der Waals surface area contributed by atoms with Crippen molar-refractivity contribution in [1.82, 2.24) is 15.3 Å². The third-order valence-corrected chi connectivity index (χ3v) is 4.93. The molecular formula is C22H19F3N4O. The lowest BCUT2D eigenvalue weighted by Crippen LogP contribution is -2.29. The molecular weight excluding hydrogens is 393 g/mol. The van der Waals surface area contributed by atoms with Crippen molar-refractivity contribution in [2.24, 2.45) is 0 Å². The molecule has 2 heterocycles. The molecule has 0 fully saturated rings. The highest BCUT2D eigenvalue weighted by Crippen LogP contribution is 2.34. The van der Waals surface area contributed by atoms with Crippen molar-refractivity contribution in [3.05, 3.63) is 77.9 Å². The maximum atomic E-state index is 13.3. The first-order chi connectivity index (χ1) is 14.4. The number of carbonyl (C=O) groups excluding carboxylic acids is 1. The van der Waals surface area contributed by atoms with Gasteiger partial charge >= 0.3 is 6.18 Å². The van der Waals surface area contributed by atoms with E-state index in [1.165, 1.54) is 0 Å². The summed E-state index contributed by atoms with van der Waals surface area (Å²) in [7, 11) is 0. The Balaban J connectivity index is 1.58. The predicted octanol–water partition coefficient (Wildman–Crippen LogP) is 4.93. The Morgan fingerprint density at radius 3 is 2.63 bits per heavy atom. The Morgan fingerprint density at radius 1 is 1.10 bits per heavy atom. The molecule has 0 saturated carbocycles. The third-order valence-electron chi connectivity index (χ3n) is 4.93. The number of carbonyl (C=O) groups is 1. The molecule has 8 heteroatoms. The van der Waals surface area contributed by atoms with E-state index in [2.05, 4.69) is 20.6 Å². The summed E-state index contributed by atoms with van der Waals surface area (Å²) < 4.78 is 39.9. The van der Waals surface area contributed by atoms with E-state index in [-0.39, 0.29) is 17.5 Å². The van der Waals surface area contributed by atoms with E-state index < -0.39 is 11.9 Å². The summed E-state index contributed by atoms with van der Waals surface area (Å²) in [5, 5.41) is 6.70. The first kappa shape index (κ1) is 19.9. The number of hydrogen-bond acceptors (Lipinski definition) is 4. The number of rotatable bonds is 4. The number of nitrogens with zero attached hydrogens (tertiary/aromatic N) is 2. The van der Waals surface area contributed by atoms with Crippen LogP contribution in [0.15, 0.2) is 66.6 Å². The summed E-state index contributed by atoms with van der Waals surface area (Å²) in [5.74, 6) is -0.238. The number of anilines is 1. The van der Waals surface area contributed by atoms with Gasteiger partial charge in [-0.1, -0.05) is 18.2 Å². The number of aromatic nitrogens is 2. The first-order valence-electron chi connectivity index (χ1n) is 9.56. The van der Waals surface area contributed by atoms with Crippen LogP contribution in [0.2, 0.25) is 0 Å². The van der Waals surface area contributed by atoms with Crippen LogP contribution in [0, 0.1) is 0 Å². The molecule has 1 aliphatic carbocycles. The topological polar surface area (TPSA) is 66.9 Å². The summed E-state index contributed by atoms with van der Waals surface area (Å²) >= 11 is 0. The summed E-state index contributed by atoms with van der Waals surface area (Å²) in [6.45, 7) is 0. The van der Waals surface area contributed by atoms with Crippen LogP contribution >= 0.6 is 0 Å². The molecule has 0 unspecified atom stereocenters. The predicted molar refractivity (Wildman–Crippen MR) is 108 cm³/mol. The highest BCUT2D eigenvalue weighted by molar-refractivity contribution is 5.95. The molecule has 2 aromatic heterocycles. The number of benzene rings is 1. The minimum absolute atomic E-state index is 0.210. The van der Waals surface area contributed by atoms with Crippen LogP contribution in [-0.2, 0) is 6.18 Å². The lowest BCUT2D eigenvalue weighted by Gasteiger charge is -2.24. The number of halogens is 3. The van der Waals surface area contributed by atoms with Gasteiger partial charge in [0.25, 0.3) is 5.91 Å². The Hall–Kier alpha value is -3.42. The van der Waals surface area contributed by atoms with Crippen molar-refractivity contribution >= 4 is 22.5 Å². The highest BCUT2D eigenvalue weighted by atomic mass is 19.4. The van der Waals surface area contributed by atoms with Crippen molar-refractivity contribution in [2.75, 3.05) is 5.32 Å². The molecule has 2 N–H and O–H groups in total. The zero-order chi connectivity index (χ0) is 21.1. The Labute approximate surface area is 171 Å². The zero-order valence-corrected chi connectivity index (χ0v) is 15.9. The van der Waals surface area contributed by atoms with Crippen molar-refractivity contribution < 1.29 is 18.0 Å². The molecule has 0 saturated heterocycles. The molecule has 5 nitrogen and oxygen atoms in total. The lowest BCUT2D eigenvalue weighted by atomic mass is 9.99. The zero-order valence-electron chi connectivity index (χ0n) is 15.9. The van der Waals surface area contributed by atoms with E-state index in [1.807, 2.05) is 6.08 Å². The van der Waals surface area contributed by atoms with Crippen molar-refractivity contribution in [3.63, 3.8) is 0 Å². The monoisotopic (exact) mass is 412 g/mol. The van der Waals surface area contributed by atoms with Gasteiger partial charge in [0.1, 0.15) is 5.69 Å². The minimum atomic E-state index is -4.54. The van der Waals surface area contributed by atoms with Crippen LogP contribution < -0.4 is 10.6 Å². The van der Waals surface area contributed by atoms with Gasteiger partial charge in [-0.05, 0) is 49.6 Å². The van der Waals surface area contributed by atoms with Gasteiger partial charge in [0.15, 0.2) is 0 Å². The molecule has 4 rings (SSSR count). The molecule has 154 valence electrons. The molecule has 0 spiro atoms. The number of para-hydroxylation sites is 1. The number of alkyl halides is 3. The number of nitrogens with one attached hydrogen (secondary N) is 2. The smallest absolute Gasteiger partial charge is 0.378 e. The van der Waals surface area contributed by atoms with Crippen LogP contribution in [0.4, 0.5) is 18.9 Å². The number of amides is 1. The average Bonchev–Trinajstić information content (AvgIpc) is 2.74. The van der Waals surface area contributed by atoms with Gasteiger partial charge in [-0.15, -0.1) is 0 Å². The number of hydrogen-bond donors (Lipinski definition) is 2. The van der Waals surface area contributed by atoms with E-state index in [4.69, 9.17) is 0 Å². The largest absolute Gasteiger partial charge is 0.433 e. The summed E-state index contributed by atoms with van der Waals surface area (Å²) in [5.41, 5.74) is 0.956. The van der Waals surface area contributed by atoms with Gasteiger partial charge in [-0.25, -0.2) is 4.98 Å². The molecule has 0 aliphatic heterocycles. The summed E-state index contributed by atoms with van der Waals surface area (Å²) in [4.78, 5) is 20.0. The second-order valence-electron chi connectivity index (χ2n) is 7.09. The minimum Gasteiger partial charge on any atom is -0.378 e. The summed E-state index contributed by atoms with van der Waals surface area (Å²) in [6.07, 6.45) is 2.65. The standard InChI is InChI=1S/C22H19F3N4O/c23-22(24,25)20-13-19(17-6-1-2-7-18(17)29-20)27-15-4-3-5-16(12-15)28-21(30)14-8-10-26-11-9-14/h1-2,6-13,15H,3-5H2,(H,27,29)(H,28,30)/t15-/m0/s1. The van der Waals surface area contributed by atoms with Crippen LogP contribution in [0.3, 0.4) is 0 Å². The van der Waals surface area contributed by atoms with Crippen molar-refractivity contribution in [2.45, 2.75) is 31.5 Å². The fourth-order valence-electron chi connectivity index (χ4n) is 3.50. The van der Waals surface area contributed by atoms with Crippen LogP contribution in [-0.4, -0.2) is 21.9 Å². The molecule has 1 aliphatic rings. The normalized spacial score (nSPS) is 16.8. The summed E-state index contributed by atoms with van der Waals surface area (Å²) in [6, 6.07) is 10.8. The van der Waals surface area contributed by atoms with Gasteiger partial charge in [-0.3, -0.25) is 9.78 Å². The fraction of sp³-hybridized carbons (Fsp3) is 0.227. The molecule has 0 bridgehead atoms. The first-order valence-corrected chi connectivity index (χ1v) is 9.56. The van der Waals surface area contributed by atoms with Crippen LogP contribution in [0.1, 0.15) is 35.3 Å². The third kappa shape index (κ3) is 4.42. The average molecular weight is 412 g/mol. The fourth-order valence-corrected chi connectivity index (χ4v) is 3.50. The Bertz CT molecular complexity index is 1100. The van der Waals surface area contributed by atoms with Gasteiger partial charge in [0.2, 0.25) is 0 Å². The van der Waals surface area contributed by atoms with Gasteiger partial charge in [0.05, 0.1) is 5.52 Å². The molecule has 1 amide bonds. The van der Waals surface area contributed by atoms with Gasteiger partial charge < -0.3 is 10.6 Å². The molecule has 1 atom stereocenters. The van der Waals surface area contributed by atoms with Crippen LogP contribution in [0.25, 0.3) is 10.9 Å². The van der Waals surface area contributed by atoms with E-state index in [0.717, 1.165) is 24.6 Å². The number of pyridine rings is 2. The van der Waals surface area contributed by atoms with Crippen molar-refractivity contribution in [1.29, 1.82) is 0 Å². The van der Waals surface area contributed by atoms with Crippen LogP contribution in [0.5, 0.6) is 0 Å². The second kappa shape index (κ2) is 8.14. The van der Waals surface area contributed by atoms with Gasteiger partial charge in [0, 0.05) is 40.8 Å². The molecule has 1 aromatic carbocycles. The quantitative estimate of drug-likeness (QED) is 0.638. The molecule has 0 radical (unpaired) electrons. The van der Waals surface area contributed by atoms with Gasteiger partial charge in [-0.2, -0.15) is 13.2 Å². The van der Waals surface area contributed by atoms with E-state index in [0.29, 0.717) is 23.1 Å². The van der Waals surface area contributed by atoms with E-state index >= 15 is 0 Å². The second-order valence-corrected chi connectivity index (χ2v) is 7.09. The molecule has 30 heavy (non-hydrogen) atoms. The molecule has 3 aromatic rings. The Morgan fingerprint density at radius 2 is 1.87 bits per heavy atom. The Kier molecular flexibility index (Phi) is 5.39. The maximum absolute atomic E-state index is 13.3. The van der Waals surface area contributed by atoms with Crippen molar-refractivity contribution in [3.8, 4) is 0 Å².